The maximum absolute atomic E-state index is 9.61. The molecular weight excluding hydrogens is 236 g/mol. The third-order valence-corrected chi connectivity index (χ3v) is 3.68. The van der Waals surface area contributed by atoms with Gasteiger partial charge >= 0.3 is 0 Å². The van der Waals surface area contributed by atoms with Crippen molar-refractivity contribution in [3.05, 3.63) is 23.2 Å². The van der Waals surface area contributed by atoms with Crippen LogP contribution in [0.2, 0.25) is 5.02 Å². The minimum absolute atomic E-state index is 0.140. The number of aliphatic hydroxyl groups excluding tert-OH is 1. The predicted molar refractivity (Wildman–Crippen MR) is 72.3 cm³/mol. The summed E-state index contributed by atoms with van der Waals surface area (Å²) in [4.78, 5) is 0. The molecule has 17 heavy (non-hydrogen) atoms. The van der Waals surface area contributed by atoms with E-state index in [-0.39, 0.29) is 6.10 Å². The van der Waals surface area contributed by atoms with Crippen molar-refractivity contribution < 1.29 is 5.11 Å². The predicted octanol–water partition coefficient (Wildman–Crippen LogP) is 2.89. The van der Waals surface area contributed by atoms with E-state index < -0.39 is 0 Å². The zero-order chi connectivity index (χ0) is 12.3. The first-order valence-corrected chi connectivity index (χ1v) is 6.50. The Morgan fingerprint density at radius 1 is 1.41 bits per heavy atom. The van der Waals surface area contributed by atoms with Crippen molar-refractivity contribution in [3.63, 3.8) is 0 Å². The number of hydrogen-bond acceptors (Lipinski definition) is 3. The molecule has 94 valence electrons. The van der Waals surface area contributed by atoms with Gasteiger partial charge in [0.05, 0.1) is 22.5 Å². The van der Waals surface area contributed by atoms with Crippen molar-refractivity contribution in [2.24, 2.45) is 5.92 Å². The number of anilines is 2. The number of benzene rings is 1. The Hall–Kier alpha value is -0.930. The van der Waals surface area contributed by atoms with Crippen LogP contribution in [0.5, 0.6) is 0 Å². The summed E-state index contributed by atoms with van der Waals surface area (Å²) >= 11 is 6.08. The van der Waals surface area contributed by atoms with Crippen LogP contribution < -0.4 is 11.1 Å². The first kappa shape index (κ1) is 12.5. The Kier molecular flexibility index (Phi) is 4.13. The van der Waals surface area contributed by atoms with Crippen molar-refractivity contribution in [2.45, 2.75) is 31.8 Å². The maximum Gasteiger partial charge on any atom is 0.0763 e. The zero-order valence-corrected chi connectivity index (χ0v) is 10.6. The van der Waals surface area contributed by atoms with Gasteiger partial charge in [-0.15, -0.1) is 0 Å². The summed E-state index contributed by atoms with van der Waals surface area (Å²) in [6.45, 7) is 0.824. The quantitative estimate of drug-likeness (QED) is 0.727. The highest BCUT2D eigenvalue weighted by atomic mass is 35.5. The Morgan fingerprint density at radius 2 is 2.24 bits per heavy atom. The van der Waals surface area contributed by atoms with Gasteiger partial charge in [-0.3, -0.25) is 0 Å². The van der Waals surface area contributed by atoms with E-state index in [9.17, 15) is 5.11 Å². The number of nitrogen functional groups attached to an aromatic ring is 1. The lowest BCUT2D eigenvalue weighted by Gasteiger charge is -2.26. The van der Waals surface area contributed by atoms with Gasteiger partial charge < -0.3 is 16.2 Å². The molecule has 0 amide bonds. The van der Waals surface area contributed by atoms with Gasteiger partial charge in [0.2, 0.25) is 0 Å². The normalized spacial score (nSPS) is 24.6. The first-order valence-electron chi connectivity index (χ1n) is 6.12. The molecule has 1 aliphatic carbocycles. The van der Waals surface area contributed by atoms with Gasteiger partial charge in [-0.1, -0.05) is 24.1 Å². The molecule has 0 aliphatic heterocycles. The highest BCUT2D eigenvalue weighted by molar-refractivity contribution is 6.33. The van der Waals surface area contributed by atoms with Crippen LogP contribution in [0.1, 0.15) is 25.7 Å². The number of halogens is 1. The number of hydrogen-bond donors (Lipinski definition) is 3. The Morgan fingerprint density at radius 3 is 2.94 bits per heavy atom. The minimum atomic E-state index is -0.140. The summed E-state index contributed by atoms with van der Waals surface area (Å²) in [5.74, 6) is 0.509. The van der Waals surface area contributed by atoms with Crippen LogP contribution in [-0.4, -0.2) is 17.8 Å². The zero-order valence-electron chi connectivity index (χ0n) is 9.82. The van der Waals surface area contributed by atoms with Crippen molar-refractivity contribution in [2.75, 3.05) is 17.6 Å². The summed E-state index contributed by atoms with van der Waals surface area (Å²) in [6, 6.07) is 5.51. The lowest BCUT2D eigenvalue weighted by atomic mass is 9.87. The molecule has 2 unspecified atom stereocenters. The lowest BCUT2D eigenvalue weighted by Crippen LogP contribution is -2.25. The number of rotatable bonds is 3. The van der Waals surface area contributed by atoms with Crippen LogP contribution in [0.25, 0.3) is 0 Å². The van der Waals surface area contributed by atoms with Crippen molar-refractivity contribution in [3.8, 4) is 0 Å². The van der Waals surface area contributed by atoms with Crippen LogP contribution in [0.15, 0.2) is 18.2 Å². The molecule has 1 saturated carbocycles. The molecule has 0 bridgehead atoms. The topological polar surface area (TPSA) is 58.3 Å². The Labute approximate surface area is 107 Å². The average Bonchev–Trinajstić information content (AvgIpc) is 2.28. The molecule has 0 heterocycles. The molecule has 1 aromatic carbocycles. The molecule has 3 nitrogen and oxygen atoms in total. The third kappa shape index (κ3) is 3.27. The standard InChI is InChI=1S/C13H19ClN2O/c14-11-5-2-6-12(15)13(11)16-8-9-3-1-4-10(17)7-9/h2,5-6,9-10,16-17H,1,3-4,7-8,15H2. The van der Waals surface area contributed by atoms with Gasteiger partial charge in [0, 0.05) is 6.54 Å². The summed E-state index contributed by atoms with van der Waals surface area (Å²) in [5, 5.41) is 13.6. The number of nitrogens with one attached hydrogen (secondary N) is 1. The summed E-state index contributed by atoms with van der Waals surface area (Å²) in [6.07, 6.45) is 3.93. The van der Waals surface area contributed by atoms with E-state index in [0.717, 1.165) is 37.9 Å². The van der Waals surface area contributed by atoms with Crippen LogP contribution in [0, 0.1) is 5.92 Å². The molecule has 0 spiro atoms. The van der Waals surface area contributed by atoms with Crippen LogP contribution >= 0.6 is 11.6 Å². The number of aliphatic hydroxyl groups is 1. The highest BCUT2D eigenvalue weighted by Gasteiger charge is 2.20. The van der Waals surface area contributed by atoms with E-state index in [1.54, 1.807) is 0 Å². The molecule has 4 heteroatoms. The monoisotopic (exact) mass is 254 g/mol. The van der Waals surface area contributed by atoms with Crippen molar-refractivity contribution in [1.82, 2.24) is 0 Å². The lowest BCUT2D eigenvalue weighted by molar-refractivity contribution is 0.105. The minimum Gasteiger partial charge on any atom is -0.397 e. The molecule has 4 N–H and O–H groups in total. The molecular formula is C13H19ClN2O. The summed E-state index contributed by atoms with van der Waals surface area (Å²) in [7, 11) is 0. The molecule has 0 radical (unpaired) electrons. The molecule has 1 aliphatic rings. The fourth-order valence-electron chi connectivity index (χ4n) is 2.42. The molecule has 2 rings (SSSR count). The van der Waals surface area contributed by atoms with Gasteiger partial charge in [0.1, 0.15) is 0 Å². The van der Waals surface area contributed by atoms with Gasteiger partial charge in [-0.05, 0) is 37.3 Å². The van der Waals surface area contributed by atoms with Crippen molar-refractivity contribution in [1.29, 1.82) is 0 Å². The van der Waals surface area contributed by atoms with Crippen LogP contribution in [-0.2, 0) is 0 Å². The molecule has 1 aromatic rings. The van der Waals surface area contributed by atoms with E-state index in [4.69, 9.17) is 17.3 Å². The molecule has 0 saturated heterocycles. The Bertz CT molecular complexity index is 363. The molecule has 2 atom stereocenters. The fourth-order valence-corrected chi connectivity index (χ4v) is 2.67. The van der Waals surface area contributed by atoms with E-state index in [2.05, 4.69) is 5.32 Å². The third-order valence-electron chi connectivity index (χ3n) is 3.37. The number of nitrogens with two attached hydrogens (primary N) is 1. The smallest absolute Gasteiger partial charge is 0.0763 e. The largest absolute Gasteiger partial charge is 0.397 e. The molecule has 0 aromatic heterocycles. The van der Waals surface area contributed by atoms with E-state index >= 15 is 0 Å². The molecule has 1 fully saturated rings. The van der Waals surface area contributed by atoms with Gasteiger partial charge in [0.15, 0.2) is 0 Å². The fraction of sp³-hybridized carbons (Fsp3) is 0.538. The second-order valence-electron chi connectivity index (χ2n) is 4.77. The van der Waals surface area contributed by atoms with E-state index in [1.165, 1.54) is 0 Å². The maximum atomic E-state index is 9.61. The first-order chi connectivity index (χ1) is 8.16. The van der Waals surface area contributed by atoms with Crippen LogP contribution in [0.4, 0.5) is 11.4 Å². The van der Waals surface area contributed by atoms with Crippen molar-refractivity contribution >= 4 is 23.0 Å². The second kappa shape index (κ2) is 5.61. The number of para-hydroxylation sites is 1. The summed E-state index contributed by atoms with van der Waals surface area (Å²) in [5.41, 5.74) is 7.36. The SMILES string of the molecule is Nc1cccc(Cl)c1NCC1CCCC(O)C1. The van der Waals surface area contributed by atoms with E-state index in [0.29, 0.717) is 16.6 Å². The van der Waals surface area contributed by atoms with Gasteiger partial charge in [-0.2, -0.15) is 0 Å². The van der Waals surface area contributed by atoms with Gasteiger partial charge in [0.25, 0.3) is 0 Å². The average molecular weight is 255 g/mol. The van der Waals surface area contributed by atoms with E-state index in [1.807, 2.05) is 18.2 Å². The second-order valence-corrected chi connectivity index (χ2v) is 5.18. The van der Waals surface area contributed by atoms with Gasteiger partial charge in [-0.25, -0.2) is 0 Å². The van der Waals surface area contributed by atoms with Crippen LogP contribution in [0.3, 0.4) is 0 Å². The Balaban J connectivity index is 1.93. The highest BCUT2D eigenvalue weighted by Crippen LogP contribution is 2.30. The summed E-state index contributed by atoms with van der Waals surface area (Å²) < 4.78 is 0.